The summed E-state index contributed by atoms with van der Waals surface area (Å²) in [4.78, 5) is 20.8. The van der Waals surface area contributed by atoms with Crippen LogP contribution in [0, 0.1) is 6.85 Å². The predicted octanol–water partition coefficient (Wildman–Crippen LogP) is 0.610. The maximum absolute atomic E-state index is 13.5. The highest BCUT2D eigenvalue weighted by atomic mass is 19.3. The van der Waals surface area contributed by atoms with E-state index in [0.29, 0.717) is 12.8 Å². The van der Waals surface area contributed by atoms with E-state index in [1.54, 1.807) is 0 Å². The average Bonchev–Trinajstić information content (AvgIpc) is 2.79. The van der Waals surface area contributed by atoms with Gasteiger partial charge in [-0.1, -0.05) is 25.0 Å². The second kappa shape index (κ2) is 9.33. The number of hydrogen-bond donors (Lipinski definition) is 5. The summed E-state index contributed by atoms with van der Waals surface area (Å²) in [6.07, 6.45) is -2.60. The molecule has 0 radical (unpaired) electrons. The Kier molecular flexibility index (Phi) is 5.79. The molecule has 6 N–H and O–H groups in total. The van der Waals surface area contributed by atoms with Crippen molar-refractivity contribution in [1.82, 2.24) is 5.32 Å². The lowest BCUT2D eigenvalue weighted by Crippen LogP contribution is -2.50. The number of carbonyl (C=O) groups is 1. The molecule has 31 heavy (non-hydrogen) atoms. The highest BCUT2D eigenvalue weighted by molar-refractivity contribution is 6.42. The molecule has 3 rings (SSSR count). The first kappa shape index (κ1) is 19.2. The normalized spacial score (nSPS) is 27.5. The van der Waals surface area contributed by atoms with Crippen molar-refractivity contribution < 1.29 is 33.0 Å². The largest absolute Gasteiger partial charge is 0.393 e. The van der Waals surface area contributed by atoms with Crippen LogP contribution in [-0.4, -0.2) is 64.2 Å². The van der Waals surface area contributed by atoms with Crippen molar-refractivity contribution in [2.75, 3.05) is 6.61 Å². The summed E-state index contributed by atoms with van der Waals surface area (Å²) < 4.78 is 50.3. The fourth-order valence-electron chi connectivity index (χ4n) is 3.53. The van der Waals surface area contributed by atoms with Gasteiger partial charge in [-0.15, -0.1) is 0 Å². The molecule has 1 fully saturated rings. The van der Waals surface area contributed by atoms with Crippen molar-refractivity contribution in [1.29, 1.82) is 0 Å². The first-order chi connectivity index (χ1) is 15.9. The highest BCUT2D eigenvalue weighted by Gasteiger charge is 2.39. The van der Waals surface area contributed by atoms with Crippen LogP contribution in [-0.2, 0) is 10.4 Å². The summed E-state index contributed by atoms with van der Waals surface area (Å²) in [5, 5.41) is 32.4. The van der Waals surface area contributed by atoms with Crippen LogP contribution >= 0.6 is 0 Å². The lowest BCUT2D eigenvalue weighted by molar-refractivity contribution is -0.129. The molecular formula is C21H26F2N4O4. The second-order valence-electron chi connectivity index (χ2n) is 7.61. The van der Waals surface area contributed by atoms with Crippen LogP contribution in [0.15, 0.2) is 28.2 Å². The summed E-state index contributed by atoms with van der Waals surface area (Å²) in [7, 11) is 0. The molecule has 8 nitrogen and oxygen atoms in total. The van der Waals surface area contributed by atoms with E-state index in [0.717, 1.165) is 31.0 Å². The smallest absolute Gasteiger partial charge is 0.273 e. The zero-order valence-corrected chi connectivity index (χ0v) is 16.6. The summed E-state index contributed by atoms with van der Waals surface area (Å²) in [5.41, 5.74) is 1.37. The molecule has 10 heteroatoms. The molecular weight excluding hydrogens is 410 g/mol. The van der Waals surface area contributed by atoms with Gasteiger partial charge in [0.15, 0.2) is 11.8 Å². The predicted molar refractivity (Wildman–Crippen MR) is 111 cm³/mol. The first-order valence-corrected chi connectivity index (χ1v) is 9.81. The average molecular weight is 439 g/mol. The SMILES string of the molecule is [2H]C([2H])([2H])c1ccc([C@](O)(CO)C(F)F)cc1C1=C=NC(N)C(C(=O)N[C@@H]2CCCC[C@H]2O)=N1. The number of nitrogens with one attached hydrogen (secondary N) is 1. The Morgan fingerprint density at radius 2 is 2.19 bits per heavy atom. The number of halogens is 2. The topological polar surface area (TPSA) is 141 Å². The van der Waals surface area contributed by atoms with Gasteiger partial charge in [-0.25, -0.2) is 18.8 Å². The standard InChI is InChI=1S/C21H26F2N4O4/c1-11-6-7-12(21(31,10-28)20(22)23)8-13(11)15-9-25-18(24)17(26-15)19(30)27-14-4-2-3-5-16(14)29/h6-8,14,16,18,20,28-29,31H,2-5,10,24H2,1H3,(H,27,30)/t14-,16-,18?,21-/m1/s1/i1D3. The molecule has 4 atom stereocenters. The third-order valence-electron chi connectivity index (χ3n) is 5.48. The summed E-state index contributed by atoms with van der Waals surface area (Å²) >= 11 is 0. The molecule has 1 amide bonds. The van der Waals surface area contributed by atoms with Crippen LogP contribution in [0.25, 0.3) is 5.70 Å². The van der Waals surface area contributed by atoms with Crippen LogP contribution in [0.3, 0.4) is 0 Å². The molecule has 1 aliphatic carbocycles. The zero-order valence-electron chi connectivity index (χ0n) is 19.6. The number of benzene rings is 1. The molecule has 168 valence electrons. The van der Waals surface area contributed by atoms with Crippen molar-refractivity contribution in [2.24, 2.45) is 15.7 Å². The maximum Gasteiger partial charge on any atom is 0.273 e. The van der Waals surface area contributed by atoms with Crippen LogP contribution < -0.4 is 11.1 Å². The number of hydrogen-bond acceptors (Lipinski definition) is 7. The van der Waals surface area contributed by atoms with Crippen molar-refractivity contribution in [3.8, 4) is 0 Å². The Balaban J connectivity index is 2.04. The van der Waals surface area contributed by atoms with Gasteiger partial charge in [0.2, 0.25) is 0 Å². The summed E-state index contributed by atoms with van der Waals surface area (Å²) in [6.45, 7) is -4.04. The fraction of sp³-hybridized carbons (Fsp3) is 0.524. The minimum atomic E-state index is -3.38. The van der Waals surface area contributed by atoms with Gasteiger partial charge in [0.25, 0.3) is 12.3 Å². The molecule has 1 aromatic rings. The molecule has 0 aromatic heterocycles. The lowest BCUT2D eigenvalue weighted by Gasteiger charge is -2.29. The molecule has 0 spiro atoms. The fourth-order valence-corrected chi connectivity index (χ4v) is 3.53. The van der Waals surface area contributed by atoms with E-state index in [1.807, 2.05) is 0 Å². The van der Waals surface area contributed by atoms with Gasteiger partial charge in [0.1, 0.15) is 11.4 Å². The Bertz CT molecular complexity index is 1040. The first-order valence-electron chi connectivity index (χ1n) is 11.3. The van der Waals surface area contributed by atoms with E-state index in [9.17, 15) is 28.9 Å². The van der Waals surface area contributed by atoms with Crippen molar-refractivity contribution >= 4 is 23.2 Å². The molecule has 2 aliphatic rings. The third kappa shape index (κ3) is 4.73. The number of aliphatic hydroxyl groups excluding tert-OH is 2. The molecule has 0 bridgehead atoms. The molecule has 1 aliphatic heterocycles. The summed E-state index contributed by atoms with van der Waals surface area (Å²) in [6, 6.07) is 2.42. The van der Waals surface area contributed by atoms with Crippen molar-refractivity contribution in [3.05, 3.63) is 34.9 Å². The number of aryl methyl sites for hydroxylation is 1. The minimum absolute atomic E-state index is 0.233. The number of nitrogens with zero attached hydrogens (tertiary/aromatic N) is 2. The lowest BCUT2D eigenvalue weighted by atomic mass is 9.91. The van der Waals surface area contributed by atoms with Crippen LogP contribution in [0.1, 0.15) is 46.5 Å². The Morgan fingerprint density at radius 1 is 1.45 bits per heavy atom. The Hall–Kier alpha value is -2.49. The Morgan fingerprint density at radius 3 is 2.84 bits per heavy atom. The second-order valence-corrected chi connectivity index (χ2v) is 7.61. The van der Waals surface area contributed by atoms with Gasteiger partial charge in [0, 0.05) is 15.5 Å². The highest BCUT2D eigenvalue weighted by Crippen LogP contribution is 2.31. The van der Waals surface area contributed by atoms with Crippen molar-refractivity contribution in [3.63, 3.8) is 0 Å². The van der Waals surface area contributed by atoms with E-state index in [2.05, 4.69) is 21.2 Å². The Labute approximate surface area is 182 Å². The van der Waals surface area contributed by atoms with Crippen LogP contribution in [0.2, 0.25) is 0 Å². The van der Waals surface area contributed by atoms with Crippen LogP contribution in [0.4, 0.5) is 8.78 Å². The zero-order chi connectivity index (χ0) is 25.3. The molecule has 1 saturated carbocycles. The van der Waals surface area contributed by atoms with E-state index in [4.69, 9.17) is 9.85 Å². The number of aliphatic imine (C=N–C) groups is 2. The van der Waals surface area contributed by atoms with Gasteiger partial charge in [0.05, 0.1) is 18.8 Å². The third-order valence-corrected chi connectivity index (χ3v) is 5.48. The monoisotopic (exact) mass is 439 g/mol. The van der Waals surface area contributed by atoms with Crippen LogP contribution in [0.5, 0.6) is 0 Å². The van der Waals surface area contributed by atoms with E-state index >= 15 is 0 Å². The van der Waals surface area contributed by atoms with Gasteiger partial charge >= 0.3 is 0 Å². The summed E-state index contributed by atoms with van der Waals surface area (Å²) in [5.74, 6) is 1.72. The number of amides is 1. The van der Waals surface area contributed by atoms with E-state index < -0.39 is 55.3 Å². The quantitative estimate of drug-likeness (QED) is 0.442. The van der Waals surface area contributed by atoms with E-state index in [-0.39, 0.29) is 22.5 Å². The molecule has 1 heterocycles. The minimum Gasteiger partial charge on any atom is -0.393 e. The number of aliphatic hydroxyl groups is 3. The number of nitrogens with two attached hydrogens (primary N) is 1. The number of carbonyl (C=O) groups excluding carboxylic acids is 1. The molecule has 0 saturated heterocycles. The number of rotatable bonds is 6. The van der Waals surface area contributed by atoms with Gasteiger partial charge in [-0.3, -0.25) is 4.79 Å². The van der Waals surface area contributed by atoms with Gasteiger partial charge < -0.3 is 26.4 Å². The molecule has 1 aromatic carbocycles. The van der Waals surface area contributed by atoms with Gasteiger partial charge in [-0.05, 0) is 36.9 Å². The molecule has 1 unspecified atom stereocenters. The number of alkyl halides is 2. The van der Waals surface area contributed by atoms with Crippen molar-refractivity contribution in [2.45, 2.75) is 62.9 Å². The van der Waals surface area contributed by atoms with Gasteiger partial charge in [-0.2, -0.15) is 0 Å². The van der Waals surface area contributed by atoms with E-state index in [1.165, 1.54) is 0 Å². The maximum atomic E-state index is 13.5.